The fourth-order valence-electron chi connectivity index (χ4n) is 1.50. The minimum Gasteiger partial charge on any atom is -0.480 e. The van der Waals surface area contributed by atoms with Crippen LogP contribution in [0.3, 0.4) is 0 Å². The average molecular weight is 359 g/mol. The Balaban J connectivity index is 2.82. The van der Waals surface area contributed by atoms with Crippen molar-refractivity contribution in [2.75, 3.05) is 0 Å². The molecule has 2 unspecified atom stereocenters. The molecule has 1 amide bonds. The lowest BCUT2D eigenvalue weighted by molar-refractivity contribution is -0.127. The number of halogens is 1. The number of amides is 1. The van der Waals surface area contributed by atoms with Crippen LogP contribution in [-0.2, 0) is 4.79 Å². The lowest BCUT2D eigenvalue weighted by Crippen LogP contribution is -2.41. The third-order valence-corrected chi connectivity index (χ3v) is 3.59. The van der Waals surface area contributed by atoms with Crippen LogP contribution in [0.1, 0.15) is 32.8 Å². The zero-order valence-electron chi connectivity index (χ0n) is 11.8. The van der Waals surface area contributed by atoms with E-state index in [1.54, 1.807) is 19.1 Å². The van der Waals surface area contributed by atoms with Crippen molar-refractivity contribution in [2.24, 2.45) is 5.73 Å². The predicted molar refractivity (Wildman–Crippen MR) is 88.0 cm³/mol. The van der Waals surface area contributed by atoms with Crippen LogP contribution in [0.25, 0.3) is 0 Å². The van der Waals surface area contributed by atoms with E-state index in [0.29, 0.717) is 11.3 Å². The van der Waals surface area contributed by atoms with Crippen LogP contribution in [-0.4, -0.2) is 23.0 Å². The molecule has 0 heterocycles. The Bertz CT molecular complexity index is 508. The number of hydrogen-bond acceptors (Lipinski definition) is 3. The first kappa shape index (κ1) is 16.9. The lowest BCUT2D eigenvalue weighted by Gasteiger charge is -2.19. The molecule has 1 rings (SSSR count). The van der Waals surface area contributed by atoms with Gasteiger partial charge < -0.3 is 15.8 Å². The van der Waals surface area contributed by atoms with E-state index >= 15 is 0 Å². The molecule has 0 spiro atoms. The van der Waals surface area contributed by atoms with E-state index < -0.39 is 6.10 Å². The second-order valence-electron chi connectivity index (χ2n) is 4.58. The smallest absolute Gasteiger partial charge is 0.260 e. The molecule has 4 nitrogen and oxygen atoms in total. The van der Waals surface area contributed by atoms with Gasteiger partial charge in [-0.05, 0) is 38.5 Å². The maximum Gasteiger partial charge on any atom is 0.260 e. The van der Waals surface area contributed by atoms with Gasteiger partial charge in [0, 0.05) is 10.5 Å². The fraction of sp³-hybridized carbons (Fsp3) is 0.429. The topological polar surface area (TPSA) is 64.3 Å². The van der Waals surface area contributed by atoms with Gasteiger partial charge in [-0.3, -0.25) is 4.79 Å². The summed E-state index contributed by atoms with van der Waals surface area (Å²) in [6.07, 6.45) is 0.257. The molecule has 0 aromatic heterocycles. The van der Waals surface area contributed by atoms with E-state index in [1.807, 2.05) is 19.9 Å². The highest BCUT2D eigenvalue weighted by atomic mass is 79.9. The number of carbonyl (C=O) groups is 1. The summed E-state index contributed by atoms with van der Waals surface area (Å²) in [6, 6.07) is 5.45. The molecule has 0 aliphatic heterocycles. The van der Waals surface area contributed by atoms with E-state index in [-0.39, 0.29) is 16.9 Å². The Morgan fingerprint density at radius 3 is 2.70 bits per heavy atom. The van der Waals surface area contributed by atoms with Crippen molar-refractivity contribution in [2.45, 2.75) is 39.3 Å². The maximum absolute atomic E-state index is 12.0. The molecule has 0 saturated heterocycles. The lowest BCUT2D eigenvalue weighted by atomic mass is 10.2. The van der Waals surface area contributed by atoms with Crippen molar-refractivity contribution < 1.29 is 9.53 Å². The molecular weight excluding hydrogens is 340 g/mol. The predicted octanol–water partition coefficient (Wildman–Crippen LogP) is 2.77. The SMILES string of the molecule is CCC(C)NC(=O)C(C)Oc1ccc(Br)cc1C(N)=S. The van der Waals surface area contributed by atoms with Crippen LogP contribution in [0.4, 0.5) is 0 Å². The third-order valence-electron chi connectivity index (χ3n) is 2.88. The minimum atomic E-state index is -0.613. The summed E-state index contributed by atoms with van der Waals surface area (Å²) >= 11 is 8.34. The molecule has 2 atom stereocenters. The number of thiocarbonyl (C=S) groups is 1. The summed E-state index contributed by atoms with van der Waals surface area (Å²) in [7, 11) is 0. The summed E-state index contributed by atoms with van der Waals surface area (Å²) in [6.45, 7) is 5.66. The number of nitrogens with two attached hydrogens (primary N) is 1. The van der Waals surface area contributed by atoms with Gasteiger partial charge in [-0.1, -0.05) is 35.1 Å². The minimum absolute atomic E-state index is 0.119. The second-order valence-corrected chi connectivity index (χ2v) is 5.94. The van der Waals surface area contributed by atoms with Gasteiger partial charge in [0.2, 0.25) is 0 Å². The van der Waals surface area contributed by atoms with Crippen molar-refractivity contribution in [3.63, 3.8) is 0 Å². The summed E-state index contributed by atoms with van der Waals surface area (Å²) in [4.78, 5) is 12.2. The highest BCUT2D eigenvalue weighted by Crippen LogP contribution is 2.24. The number of hydrogen-bond donors (Lipinski definition) is 2. The summed E-state index contributed by atoms with van der Waals surface area (Å²) in [5.41, 5.74) is 6.28. The van der Waals surface area contributed by atoms with Gasteiger partial charge in [0.15, 0.2) is 6.10 Å². The van der Waals surface area contributed by atoms with Gasteiger partial charge in [0.1, 0.15) is 10.7 Å². The Morgan fingerprint density at radius 2 is 2.15 bits per heavy atom. The molecule has 20 heavy (non-hydrogen) atoms. The van der Waals surface area contributed by atoms with Gasteiger partial charge in [-0.15, -0.1) is 0 Å². The molecule has 0 bridgehead atoms. The van der Waals surface area contributed by atoms with Gasteiger partial charge in [-0.2, -0.15) is 0 Å². The van der Waals surface area contributed by atoms with E-state index in [0.717, 1.165) is 10.9 Å². The molecule has 3 N–H and O–H groups in total. The van der Waals surface area contributed by atoms with Crippen LogP contribution in [0.5, 0.6) is 5.75 Å². The zero-order valence-corrected chi connectivity index (χ0v) is 14.2. The van der Waals surface area contributed by atoms with Gasteiger partial charge in [0.05, 0.1) is 5.56 Å². The van der Waals surface area contributed by atoms with Crippen molar-refractivity contribution >= 4 is 39.0 Å². The largest absolute Gasteiger partial charge is 0.480 e. The number of nitrogens with one attached hydrogen (secondary N) is 1. The van der Waals surface area contributed by atoms with E-state index in [2.05, 4.69) is 21.2 Å². The zero-order chi connectivity index (χ0) is 15.3. The molecule has 110 valence electrons. The van der Waals surface area contributed by atoms with Crippen LogP contribution < -0.4 is 15.8 Å². The molecule has 6 heteroatoms. The van der Waals surface area contributed by atoms with Crippen LogP contribution in [0.2, 0.25) is 0 Å². The van der Waals surface area contributed by atoms with E-state index in [9.17, 15) is 4.79 Å². The Kier molecular flexibility index (Phi) is 6.42. The number of rotatable bonds is 6. The Hall–Kier alpha value is -1.14. The number of carbonyl (C=O) groups excluding carboxylic acids is 1. The van der Waals surface area contributed by atoms with Crippen molar-refractivity contribution in [1.29, 1.82) is 0 Å². The summed E-state index contributed by atoms with van der Waals surface area (Å²) in [5, 5.41) is 2.87. The molecule has 0 aliphatic rings. The Labute approximate surface area is 133 Å². The molecule has 1 aromatic rings. The maximum atomic E-state index is 12.0. The van der Waals surface area contributed by atoms with Crippen LogP contribution >= 0.6 is 28.1 Å². The normalized spacial score (nSPS) is 13.4. The van der Waals surface area contributed by atoms with Crippen molar-refractivity contribution in [3.8, 4) is 5.75 Å². The first-order valence-corrected chi connectivity index (χ1v) is 7.61. The summed E-state index contributed by atoms with van der Waals surface area (Å²) < 4.78 is 6.52. The van der Waals surface area contributed by atoms with Crippen molar-refractivity contribution in [1.82, 2.24) is 5.32 Å². The third kappa shape index (κ3) is 4.76. The van der Waals surface area contributed by atoms with Crippen LogP contribution in [0, 0.1) is 0 Å². The van der Waals surface area contributed by atoms with Gasteiger partial charge >= 0.3 is 0 Å². The molecule has 0 fully saturated rings. The van der Waals surface area contributed by atoms with E-state index in [4.69, 9.17) is 22.7 Å². The highest BCUT2D eigenvalue weighted by molar-refractivity contribution is 9.10. The van der Waals surface area contributed by atoms with Gasteiger partial charge in [0.25, 0.3) is 5.91 Å². The molecule has 0 aliphatic carbocycles. The van der Waals surface area contributed by atoms with Crippen LogP contribution in [0.15, 0.2) is 22.7 Å². The Morgan fingerprint density at radius 1 is 1.50 bits per heavy atom. The molecular formula is C14H19BrN2O2S. The average Bonchev–Trinajstić information content (AvgIpc) is 2.40. The molecule has 0 radical (unpaired) electrons. The standard InChI is InChI=1S/C14H19BrN2O2S/c1-4-8(2)17-14(18)9(3)19-12-6-5-10(15)7-11(12)13(16)20/h5-9H,4H2,1-3H3,(H2,16,20)(H,17,18). The van der Waals surface area contributed by atoms with Crippen molar-refractivity contribution in [3.05, 3.63) is 28.2 Å². The first-order chi connectivity index (χ1) is 9.35. The van der Waals surface area contributed by atoms with Gasteiger partial charge in [-0.25, -0.2) is 0 Å². The second kappa shape index (κ2) is 7.59. The quantitative estimate of drug-likeness (QED) is 0.767. The number of ether oxygens (including phenoxy) is 1. The fourth-order valence-corrected chi connectivity index (χ4v) is 2.02. The molecule has 1 aromatic carbocycles. The summed E-state index contributed by atoms with van der Waals surface area (Å²) in [5.74, 6) is 0.351. The van der Waals surface area contributed by atoms with E-state index in [1.165, 1.54) is 0 Å². The molecule has 0 saturated carbocycles. The number of benzene rings is 1. The monoisotopic (exact) mass is 358 g/mol. The first-order valence-electron chi connectivity index (χ1n) is 6.41. The highest BCUT2D eigenvalue weighted by Gasteiger charge is 2.18.